The van der Waals surface area contributed by atoms with E-state index >= 15 is 0 Å². The summed E-state index contributed by atoms with van der Waals surface area (Å²) in [4.78, 5) is 2.48. The van der Waals surface area contributed by atoms with Crippen molar-refractivity contribution in [1.82, 2.24) is 14.7 Å². The Bertz CT molecular complexity index is 380. The van der Waals surface area contributed by atoms with E-state index < -0.39 is 0 Å². The lowest BCUT2D eigenvalue weighted by atomic mass is 9.90. The monoisotopic (exact) mass is 255 g/mol. The first-order valence-corrected chi connectivity index (χ1v) is 6.74. The fraction of sp³-hybridized carbons (Fsp3) is 0.750. The van der Waals surface area contributed by atoms with Crippen molar-refractivity contribution in [1.29, 1.82) is 0 Å². The molecule has 1 aromatic heterocycles. The molecule has 17 heavy (non-hydrogen) atoms. The van der Waals surface area contributed by atoms with Gasteiger partial charge >= 0.3 is 0 Å². The van der Waals surface area contributed by atoms with Gasteiger partial charge in [0.1, 0.15) is 0 Å². The van der Waals surface area contributed by atoms with E-state index in [1.165, 1.54) is 25.7 Å². The number of aromatic nitrogens is 2. The zero-order valence-electron chi connectivity index (χ0n) is 9.89. The fourth-order valence-corrected chi connectivity index (χ4v) is 3.11. The Hall–Kier alpha value is -0.580. The summed E-state index contributed by atoms with van der Waals surface area (Å²) in [6.07, 6.45) is 9.10. The van der Waals surface area contributed by atoms with Gasteiger partial charge in [-0.15, -0.1) is 0 Å². The Balaban J connectivity index is 1.68. The molecule has 94 valence electrons. The smallest absolute Gasteiger partial charge is 0.0933 e. The number of hydrogen-bond acceptors (Lipinski definition) is 3. The van der Waals surface area contributed by atoms with Gasteiger partial charge in [-0.3, -0.25) is 9.58 Å². The number of morpholine rings is 1. The van der Waals surface area contributed by atoms with Gasteiger partial charge in [0.2, 0.25) is 0 Å². The van der Waals surface area contributed by atoms with Crippen LogP contribution in [0.2, 0.25) is 5.02 Å². The largest absolute Gasteiger partial charge is 0.375 e. The van der Waals surface area contributed by atoms with Gasteiger partial charge in [-0.05, 0) is 12.8 Å². The van der Waals surface area contributed by atoms with Crippen molar-refractivity contribution in [3.63, 3.8) is 0 Å². The highest BCUT2D eigenvalue weighted by Crippen LogP contribution is 2.28. The maximum atomic E-state index is 5.89. The molecule has 2 aliphatic rings. The number of hydrogen-bond donors (Lipinski definition) is 0. The summed E-state index contributed by atoms with van der Waals surface area (Å²) < 4.78 is 7.77. The molecule has 0 spiro atoms. The first kappa shape index (κ1) is 11.5. The van der Waals surface area contributed by atoms with E-state index in [1.807, 2.05) is 10.9 Å². The molecule has 0 radical (unpaired) electrons. The molecule has 0 aromatic carbocycles. The molecule has 1 aliphatic heterocycles. The summed E-state index contributed by atoms with van der Waals surface area (Å²) in [5, 5.41) is 4.96. The maximum Gasteiger partial charge on any atom is 0.0933 e. The van der Waals surface area contributed by atoms with Crippen LogP contribution in [0.1, 0.15) is 25.7 Å². The minimum atomic E-state index is 0.434. The van der Waals surface area contributed by atoms with Crippen molar-refractivity contribution in [2.24, 2.45) is 0 Å². The van der Waals surface area contributed by atoms with E-state index in [-0.39, 0.29) is 0 Å². The molecular formula is C12H18ClN3O. The lowest BCUT2D eigenvalue weighted by Crippen LogP contribution is -2.52. The van der Waals surface area contributed by atoms with Gasteiger partial charge in [-0.25, -0.2) is 0 Å². The molecule has 1 saturated carbocycles. The normalized spacial score (nSPS) is 30.2. The third kappa shape index (κ3) is 2.49. The molecule has 1 saturated heterocycles. The molecule has 4 nitrogen and oxygen atoms in total. The third-order valence-electron chi connectivity index (χ3n) is 3.78. The van der Waals surface area contributed by atoms with Crippen LogP contribution >= 0.6 is 11.6 Å². The number of rotatable bonds is 2. The molecule has 0 bridgehead atoms. The van der Waals surface area contributed by atoms with Crippen molar-refractivity contribution in [3.05, 3.63) is 17.4 Å². The second-order valence-electron chi connectivity index (χ2n) is 4.91. The average Bonchev–Trinajstić information content (AvgIpc) is 2.75. The summed E-state index contributed by atoms with van der Waals surface area (Å²) in [6, 6.07) is 0.570. The Morgan fingerprint density at radius 1 is 1.41 bits per heavy atom. The molecule has 3 rings (SSSR count). The van der Waals surface area contributed by atoms with E-state index in [9.17, 15) is 0 Å². The van der Waals surface area contributed by atoms with Gasteiger partial charge in [0.15, 0.2) is 0 Å². The molecule has 2 unspecified atom stereocenters. The van der Waals surface area contributed by atoms with E-state index in [4.69, 9.17) is 16.3 Å². The average molecular weight is 256 g/mol. The van der Waals surface area contributed by atoms with E-state index in [0.717, 1.165) is 19.8 Å². The van der Waals surface area contributed by atoms with Gasteiger partial charge in [-0.2, -0.15) is 5.10 Å². The first-order valence-electron chi connectivity index (χ1n) is 6.36. The Kier molecular flexibility index (Phi) is 3.36. The van der Waals surface area contributed by atoms with Crippen LogP contribution < -0.4 is 0 Å². The lowest BCUT2D eigenvalue weighted by Gasteiger charge is -2.43. The summed E-state index contributed by atoms with van der Waals surface area (Å²) >= 11 is 5.89. The third-order valence-corrected chi connectivity index (χ3v) is 3.97. The second kappa shape index (κ2) is 4.96. The molecular weight excluding hydrogens is 238 g/mol. The topological polar surface area (TPSA) is 30.3 Å². The Morgan fingerprint density at radius 3 is 3.12 bits per heavy atom. The van der Waals surface area contributed by atoms with E-state index in [0.29, 0.717) is 17.2 Å². The molecule has 0 N–H and O–H groups in total. The number of nitrogens with zero attached hydrogens (tertiary/aromatic N) is 3. The Labute approximate surface area is 106 Å². The van der Waals surface area contributed by atoms with Crippen LogP contribution in [0.3, 0.4) is 0 Å². The summed E-state index contributed by atoms with van der Waals surface area (Å²) in [6.45, 7) is 2.67. The first-order chi connectivity index (χ1) is 8.33. The molecule has 2 atom stereocenters. The summed E-state index contributed by atoms with van der Waals surface area (Å²) in [5.41, 5.74) is 0. The molecule has 2 heterocycles. The summed E-state index contributed by atoms with van der Waals surface area (Å²) in [7, 11) is 0. The quantitative estimate of drug-likeness (QED) is 0.811. The van der Waals surface area contributed by atoms with E-state index in [2.05, 4.69) is 10.00 Å². The highest BCUT2D eigenvalue weighted by molar-refractivity contribution is 6.30. The van der Waals surface area contributed by atoms with Crippen molar-refractivity contribution in [2.75, 3.05) is 13.2 Å². The van der Waals surface area contributed by atoms with E-state index in [1.54, 1.807) is 6.20 Å². The van der Waals surface area contributed by atoms with Gasteiger partial charge < -0.3 is 4.74 Å². The predicted octanol–water partition coefficient (Wildman–Crippen LogP) is 2.14. The van der Waals surface area contributed by atoms with Crippen molar-refractivity contribution >= 4 is 11.6 Å². The van der Waals surface area contributed by atoms with Gasteiger partial charge in [0, 0.05) is 18.8 Å². The minimum Gasteiger partial charge on any atom is -0.375 e. The zero-order chi connectivity index (χ0) is 11.7. The molecule has 0 amide bonds. The zero-order valence-corrected chi connectivity index (χ0v) is 10.6. The standard InChI is InChI=1S/C12H18ClN3O/c13-10-7-14-16(8-10)9-15-5-6-17-12-4-2-1-3-11(12)15/h7-8,11-12H,1-6,9H2. The molecule has 1 aromatic rings. The molecule has 5 heteroatoms. The van der Waals surface area contributed by atoms with Crippen LogP contribution in [0, 0.1) is 0 Å². The van der Waals surface area contributed by atoms with Crippen LogP contribution in [0.4, 0.5) is 0 Å². The molecule has 1 aliphatic carbocycles. The second-order valence-corrected chi connectivity index (χ2v) is 5.35. The lowest BCUT2D eigenvalue weighted by molar-refractivity contribution is -0.0992. The molecule has 2 fully saturated rings. The van der Waals surface area contributed by atoms with Crippen LogP contribution in [-0.2, 0) is 11.4 Å². The van der Waals surface area contributed by atoms with Gasteiger partial charge in [-0.1, -0.05) is 24.4 Å². The minimum absolute atomic E-state index is 0.434. The number of halogens is 1. The fourth-order valence-electron chi connectivity index (χ4n) is 2.95. The highest BCUT2D eigenvalue weighted by atomic mass is 35.5. The van der Waals surface area contributed by atoms with Crippen molar-refractivity contribution in [3.8, 4) is 0 Å². The SMILES string of the molecule is Clc1cnn(CN2CCOC3CCCCC32)c1. The Morgan fingerprint density at radius 2 is 2.29 bits per heavy atom. The van der Waals surface area contributed by atoms with Crippen molar-refractivity contribution < 1.29 is 4.74 Å². The maximum absolute atomic E-state index is 5.89. The highest BCUT2D eigenvalue weighted by Gasteiger charge is 2.34. The van der Waals surface area contributed by atoms with Crippen LogP contribution in [0.5, 0.6) is 0 Å². The predicted molar refractivity (Wildman–Crippen MR) is 65.9 cm³/mol. The number of ether oxygens (including phenoxy) is 1. The summed E-state index contributed by atoms with van der Waals surface area (Å²) in [5.74, 6) is 0. The van der Waals surface area contributed by atoms with Crippen LogP contribution in [0.15, 0.2) is 12.4 Å². The van der Waals surface area contributed by atoms with Gasteiger partial charge in [0.05, 0.1) is 30.6 Å². The van der Waals surface area contributed by atoms with Crippen LogP contribution in [0.25, 0.3) is 0 Å². The van der Waals surface area contributed by atoms with Gasteiger partial charge in [0.25, 0.3) is 0 Å². The van der Waals surface area contributed by atoms with Crippen molar-refractivity contribution in [2.45, 2.75) is 44.5 Å². The number of fused-ring (bicyclic) bond motifs is 1. The van der Waals surface area contributed by atoms with Crippen LogP contribution in [-0.4, -0.2) is 40.0 Å².